The zero-order valence-corrected chi connectivity index (χ0v) is 16.1. The van der Waals surface area contributed by atoms with E-state index in [1.54, 1.807) is 0 Å². The number of hydrogen-bond donors (Lipinski definition) is 0. The van der Waals surface area contributed by atoms with Crippen LogP contribution in [0, 0.1) is 23.2 Å². The summed E-state index contributed by atoms with van der Waals surface area (Å²) in [4.78, 5) is 40.3. The normalized spacial score (nSPS) is 39.9. The number of piperidine rings is 1. The van der Waals surface area contributed by atoms with E-state index in [1.165, 1.54) is 43.4 Å². The van der Waals surface area contributed by atoms with Crippen LogP contribution in [0.2, 0.25) is 0 Å². The Morgan fingerprint density at radius 1 is 1.00 bits per heavy atom. The van der Waals surface area contributed by atoms with Crippen LogP contribution in [0.1, 0.15) is 57.8 Å². The summed E-state index contributed by atoms with van der Waals surface area (Å²) >= 11 is 1.11. The van der Waals surface area contributed by atoms with Crippen molar-refractivity contribution in [2.24, 2.45) is 23.2 Å². The van der Waals surface area contributed by atoms with Crippen LogP contribution in [0.3, 0.4) is 0 Å². The van der Waals surface area contributed by atoms with Crippen molar-refractivity contribution in [2.75, 3.05) is 18.8 Å². The molecule has 0 aromatic rings. The van der Waals surface area contributed by atoms with E-state index in [4.69, 9.17) is 0 Å². The molecular formula is C20H28N2O3S. The number of carbonyl (C=O) groups is 3. The molecule has 0 aromatic heterocycles. The van der Waals surface area contributed by atoms with Gasteiger partial charge in [0.1, 0.15) is 0 Å². The van der Waals surface area contributed by atoms with Gasteiger partial charge in [0, 0.05) is 25.6 Å². The molecule has 2 aliphatic heterocycles. The molecule has 0 atom stereocenters. The second-order valence-corrected chi connectivity index (χ2v) is 10.5. The summed E-state index contributed by atoms with van der Waals surface area (Å²) in [6, 6.07) is -0.00593. The Kier molecular flexibility index (Phi) is 4.11. The van der Waals surface area contributed by atoms with E-state index in [9.17, 15) is 14.4 Å². The Morgan fingerprint density at radius 3 is 2.08 bits per heavy atom. The van der Waals surface area contributed by atoms with E-state index in [0.29, 0.717) is 24.4 Å². The summed E-state index contributed by atoms with van der Waals surface area (Å²) < 4.78 is 0. The van der Waals surface area contributed by atoms with Gasteiger partial charge in [-0.15, -0.1) is 0 Å². The van der Waals surface area contributed by atoms with Gasteiger partial charge in [-0.3, -0.25) is 19.3 Å². The molecule has 4 saturated carbocycles. The minimum absolute atomic E-state index is 0.00593. The Morgan fingerprint density at radius 2 is 1.58 bits per heavy atom. The fourth-order valence-corrected chi connectivity index (χ4v) is 7.81. The Hall–Kier alpha value is -1.04. The van der Waals surface area contributed by atoms with Gasteiger partial charge in [0.15, 0.2) is 0 Å². The number of nitrogens with zero attached hydrogens (tertiary/aromatic N) is 2. The molecule has 3 amide bonds. The summed E-state index contributed by atoms with van der Waals surface area (Å²) in [6.45, 7) is 1.38. The first-order valence-electron chi connectivity index (χ1n) is 10.3. The van der Waals surface area contributed by atoms with Crippen LogP contribution >= 0.6 is 11.8 Å². The minimum Gasteiger partial charge on any atom is -0.343 e. The van der Waals surface area contributed by atoms with Gasteiger partial charge >= 0.3 is 0 Å². The minimum atomic E-state index is -0.103. The van der Waals surface area contributed by atoms with Gasteiger partial charge in [0.05, 0.1) is 5.75 Å². The van der Waals surface area contributed by atoms with E-state index >= 15 is 0 Å². The van der Waals surface area contributed by atoms with Crippen molar-refractivity contribution in [3.8, 4) is 0 Å². The highest BCUT2D eigenvalue weighted by molar-refractivity contribution is 8.14. The smallest absolute Gasteiger partial charge is 0.289 e. The highest BCUT2D eigenvalue weighted by atomic mass is 32.2. The number of amides is 3. The lowest BCUT2D eigenvalue weighted by molar-refractivity contribution is -0.141. The monoisotopic (exact) mass is 376 g/mol. The topological polar surface area (TPSA) is 57.7 Å². The fourth-order valence-electron chi connectivity index (χ4n) is 7.03. The van der Waals surface area contributed by atoms with Crippen LogP contribution < -0.4 is 0 Å². The summed E-state index contributed by atoms with van der Waals surface area (Å²) in [5.41, 5.74) is 0.292. The SMILES string of the molecule is O=C(CC12CC3CC(CC(C3)C1)C2)N1CCC(N2C(=O)CSC2=O)CC1. The lowest BCUT2D eigenvalue weighted by atomic mass is 9.49. The first-order chi connectivity index (χ1) is 12.5. The van der Waals surface area contributed by atoms with E-state index in [1.807, 2.05) is 4.90 Å². The number of imide groups is 1. The zero-order chi connectivity index (χ0) is 17.9. The fraction of sp³-hybridized carbons (Fsp3) is 0.850. The van der Waals surface area contributed by atoms with Crippen LogP contribution in [-0.4, -0.2) is 51.7 Å². The third-order valence-corrected chi connectivity index (χ3v) is 8.49. The maximum atomic E-state index is 13.0. The van der Waals surface area contributed by atoms with Gasteiger partial charge in [-0.25, -0.2) is 0 Å². The molecule has 6 rings (SSSR count). The first kappa shape index (κ1) is 17.1. The zero-order valence-electron chi connectivity index (χ0n) is 15.3. The highest BCUT2D eigenvalue weighted by Crippen LogP contribution is 2.61. The molecule has 5 nitrogen and oxygen atoms in total. The lowest BCUT2D eigenvalue weighted by Crippen LogP contribution is -2.51. The average molecular weight is 377 g/mol. The summed E-state index contributed by atoms with van der Waals surface area (Å²) in [6.07, 6.45) is 10.3. The molecule has 0 radical (unpaired) electrons. The molecular weight excluding hydrogens is 348 g/mol. The standard InChI is InChI=1S/C20H28N2O3S/c23-17(11-20-8-13-5-14(9-20)7-15(6-13)10-20)21-3-1-16(2-4-21)22-18(24)12-26-19(22)25/h13-16H,1-12H2. The molecule has 6 fully saturated rings. The maximum Gasteiger partial charge on any atom is 0.289 e. The molecule has 0 aromatic carbocycles. The van der Waals surface area contributed by atoms with Crippen LogP contribution in [0.25, 0.3) is 0 Å². The van der Waals surface area contributed by atoms with Gasteiger partial charge in [0.25, 0.3) is 5.24 Å². The van der Waals surface area contributed by atoms with Crippen LogP contribution in [0.5, 0.6) is 0 Å². The predicted octanol–water partition coefficient (Wildman–Crippen LogP) is 3.28. The van der Waals surface area contributed by atoms with Crippen molar-refractivity contribution in [3.63, 3.8) is 0 Å². The van der Waals surface area contributed by atoms with Crippen molar-refractivity contribution in [1.82, 2.24) is 9.80 Å². The summed E-state index contributed by atoms with van der Waals surface area (Å²) in [5, 5.41) is -0.103. The number of rotatable bonds is 3. The largest absolute Gasteiger partial charge is 0.343 e. The van der Waals surface area contributed by atoms with E-state index in [0.717, 1.165) is 48.8 Å². The molecule has 0 unspecified atom stereocenters. The van der Waals surface area contributed by atoms with Crippen molar-refractivity contribution in [1.29, 1.82) is 0 Å². The van der Waals surface area contributed by atoms with Crippen molar-refractivity contribution >= 4 is 28.8 Å². The molecule has 0 N–H and O–H groups in total. The van der Waals surface area contributed by atoms with Crippen LogP contribution in [0.15, 0.2) is 0 Å². The maximum absolute atomic E-state index is 13.0. The third kappa shape index (κ3) is 2.88. The van der Waals surface area contributed by atoms with Gasteiger partial charge in [-0.2, -0.15) is 0 Å². The van der Waals surface area contributed by atoms with Gasteiger partial charge in [-0.05, 0) is 74.5 Å². The first-order valence-corrected chi connectivity index (χ1v) is 11.3. The number of thioether (sulfide) groups is 1. The van der Waals surface area contributed by atoms with Crippen molar-refractivity contribution in [2.45, 2.75) is 63.8 Å². The molecule has 2 heterocycles. The second-order valence-electron chi connectivity index (χ2n) is 9.52. The van der Waals surface area contributed by atoms with Crippen LogP contribution in [0.4, 0.5) is 4.79 Å². The van der Waals surface area contributed by atoms with Crippen molar-refractivity contribution < 1.29 is 14.4 Å². The van der Waals surface area contributed by atoms with Crippen molar-refractivity contribution in [3.05, 3.63) is 0 Å². The molecule has 4 bridgehead atoms. The number of likely N-dealkylation sites (tertiary alicyclic amines) is 1. The van der Waals surface area contributed by atoms with E-state index < -0.39 is 0 Å². The molecule has 0 spiro atoms. The highest BCUT2D eigenvalue weighted by Gasteiger charge is 2.52. The third-order valence-electron chi connectivity index (χ3n) is 7.66. The number of carbonyl (C=O) groups excluding carboxylic acids is 3. The van der Waals surface area contributed by atoms with Gasteiger partial charge in [0.2, 0.25) is 11.8 Å². The molecule has 2 saturated heterocycles. The summed E-state index contributed by atoms with van der Waals surface area (Å²) in [5.74, 6) is 3.18. The molecule has 6 aliphatic rings. The lowest BCUT2D eigenvalue weighted by Gasteiger charge is -2.57. The summed E-state index contributed by atoms with van der Waals surface area (Å²) in [7, 11) is 0. The van der Waals surface area contributed by atoms with Crippen LogP contribution in [-0.2, 0) is 9.59 Å². The average Bonchev–Trinajstić information content (AvgIpc) is 2.92. The Bertz CT molecular complexity index is 590. The Balaban J connectivity index is 1.19. The van der Waals surface area contributed by atoms with Gasteiger partial charge in [-0.1, -0.05) is 11.8 Å². The Labute approximate surface area is 159 Å². The van der Waals surface area contributed by atoms with E-state index in [2.05, 4.69) is 0 Å². The molecule has 142 valence electrons. The second kappa shape index (κ2) is 6.25. The van der Waals surface area contributed by atoms with E-state index in [-0.39, 0.29) is 22.9 Å². The molecule has 4 aliphatic carbocycles. The molecule has 6 heteroatoms. The molecule has 26 heavy (non-hydrogen) atoms. The predicted molar refractivity (Wildman–Crippen MR) is 99.5 cm³/mol. The number of hydrogen-bond acceptors (Lipinski definition) is 4. The van der Waals surface area contributed by atoms with Gasteiger partial charge < -0.3 is 4.90 Å². The quantitative estimate of drug-likeness (QED) is 0.758.